The van der Waals surface area contributed by atoms with Crippen LogP contribution in [0.2, 0.25) is 0 Å². The van der Waals surface area contributed by atoms with Gasteiger partial charge in [0.25, 0.3) is 0 Å². The molecule has 1 aliphatic carbocycles. The molecule has 1 aromatic carbocycles. The van der Waals surface area contributed by atoms with Crippen LogP contribution in [-0.4, -0.2) is 55.6 Å². The Kier molecular flexibility index (Phi) is 7.63. The second-order valence-corrected chi connectivity index (χ2v) is 6.63. The van der Waals surface area contributed by atoms with Crippen molar-refractivity contribution in [2.75, 3.05) is 26.7 Å². The lowest BCUT2D eigenvalue weighted by atomic mass is 10.1. The zero-order valence-electron chi connectivity index (χ0n) is 15.1. The number of ether oxygens (including phenoxy) is 1. The van der Waals surface area contributed by atoms with Crippen LogP contribution in [0, 0.1) is 5.82 Å². The highest BCUT2D eigenvalue weighted by atomic mass is 127. The van der Waals surface area contributed by atoms with Gasteiger partial charge in [0.15, 0.2) is 5.96 Å². The molecule has 2 N–H and O–H groups in total. The molecule has 0 aromatic heterocycles. The van der Waals surface area contributed by atoms with Crippen molar-refractivity contribution < 1.29 is 13.9 Å². The van der Waals surface area contributed by atoms with E-state index in [0.29, 0.717) is 25.1 Å². The molecule has 2 aliphatic rings. The third-order valence-corrected chi connectivity index (χ3v) is 4.36. The van der Waals surface area contributed by atoms with Crippen LogP contribution in [0.4, 0.5) is 4.39 Å². The second kappa shape index (κ2) is 9.50. The first kappa shape index (κ1) is 20.9. The molecule has 144 valence electrons. The summed E-state index contributed by atoms with van der Waals surface area (Å²) in [5, 5.41) is 6.07. The van der Waals surface area contributed by atoms with E-state index in [2.05, 4.69) is 20.5 Å². The summed E-state index contributed by atoms with van der Waals surface area (Å²) in [7, 11) is 1.70. The van der Waals surface area contributed by atoms with Gasteiger partial charge in [0, 0.05) is 19.6 Å². The summed E-state index contributed by atoms with van der Waals surface area (Å²) in [4.78, 5) is 18.2. The fourth-order valence-electron chi connectivity index (χ4n) is 2.98. The van der Waals surface area contributed by atoms with Crippen LogP contribution in [0.15, 0.2) is 29.3 Å². The molecule has 1 saturated heterocycles. The highest BCUT2D eigenvalue weighted by molar-refractivity contribution is 14.0. The summed E-state index contributed by atoms with van der Waals surface area (Å²) in [6.45, 7) is 3.48. The van der Waals surface area contributed by atoms with Crippen LogP contribution in [0.3, 0.4) is 0 Å². The molecule has 0 spiro atoms. The van der Waals surface area contributed by atoms with Gasteiger partial charge in [0.2, 0.25) is 5.91 Å². The maximum atomic E-state index is 13.1. The maximum absolute atomic E-state index is 13.1. The van der Waals surface area contributed by atoms with Gasteiger partial charge in [0.1, 0.15) is 11.9 Å². The number of hydrogen-bond acceptors (Lipinski definition) is 3. The SMILES string of the molecule is CN=C(NCC(=O)NC1CC1)N1CC(C)OC(c2ccc(F)cc2)C1.I. The van der Waals surface area contributed by atoms with Crippen LogP contribution in [0.5, 0.6) is 0 Å². The molecule has 2 unspecified atom stereocenters. The first-order valence-corrected chi connectivity index (χ1v) is 8.71. The molecule has 26 heavy (non-hydrogen) atoms. The lowest BCUT2D eigenvalue weighted by Gasteiger charge is -2.38. The van der Waals surface area contributed by atoms with Gasteiger partial charge in [-0.25, -0.2) is 4.39 Å². The molecule has 0 bridgehead atoms. The number of hydrogen-bond donors (Lipinski definition) is 2. The van der Waals surface area contributed by atoms with E-state index in [0.717, 1.165) is 18.4 Å². The Balaban J connectivity index is 0.00000243. The van der Waals surface area contributed by atoms with Crippen LogP contribution in [-0.2, 0) is 9.53 Å². The molecule has 2 fully saturated rings. The number of halogens is 2. The van der Waals surface area contributed by atoms with Gasteiger partial charge < -0.3 is 20.3 Å². The van der Waals surface area contributed by atoms with Crippen LogP contribution in [0.25, 0.3) is 0 Å². The van der Waals surface area contributed by atoms with Crippen molar-refractivity contribution >= 4 is 35.8 Å². The van der Waals surface area contributed by atoms with Crippen molar-refractivity contribution in [3.8, 4) is 0 Å². The molecule has 1 amide bonds. The average molecular weight is 476 g/mol. The molecule has 3 rings (SSSR count). The van der Waals surface area contributed by atoms with E-state index in [1.807, 2.05) is 6.92 Å². The van der Waals surface area contributed by atoms with Gasteiger partial charge in [-0.1, -0.05) is 12.1 Å². The Morgan fingerprint density at radius 3 is 2.62 bits per heavy atom. The third-order valence-electron chi connectivity index (χ3n) is 4.36. The van der Waals surface area contributed by atoms with Gasteiger partial charge in [0.05, 0.1) is 19.2 Å². The van der Waals surface area contributed by atoms with Gasteiger partial charge in [-0.15, -0.1) is 24.0 Å². The topological polar surface area (TPSA) is 66.0 Å². The zero-order chi connectivity index (χ0) is 17.8. The Hall–Kier alpha value is -1.42. The largest absolute Gasteiger partial charge is 0.367 e. The van der Waals surface area contributed by atoms with Crippen molar-refractivity contribution in [2.45, 2.75) is 38.0 Å². The number of guanidine groups is 1. The molecule has 0 radical (unpaired) electrons. The van der Waals surface area contributed by atoms with Gasteiger partial charge in [-0.05, 0) is 37.5 Å². The normalized spacial score (nSPS) is 23.2. The van der Waals surface area contributed by atoms with Gasteiger partial charge in [-0.2, -0.15) is 0 Å². The first-order chi connectivity index (χ1) is 12.0. The minimum atomic E-state index is -0.261. The molecule has 1 heterocycles. The minimum Gasteiger partial charge on any atom is -0.367 e. The first-order valence-electron chi connectivity index (χ1n) is 8.71. The number of aliphatic imine (C=N–C) groups is 1. The van der Waals surface area contributed by atoms with Crippen LogP contribution < -0.4 is 10.6 Å². The van der Waals surface area contributed by atoms with Gasteiger partial charge >= 0.3 is 0 Å². The monoisotopic (exact) mass is 476 g/mol. The summed E-state index contributed by atoms with van der Waals surface area (Å²) < 4.78 is 19.1. The predicted molar refractivity (Wildman–Crippen MR) is 109 cm³/mol. The Labute approximate surface area is 170 Å². The van der Waals surface area contributed by atoms with Crippen molar-refractivity contribution in [2.24, 2.45) is 4.99 Å². The summed E-state index contributed by atoms with van der Waals surface area (Å²) in [5.74, 6) is 0.400. The summed E-state index contributed by atoms with van der Waals surface area (Å²) in [6.07, 6.45) is 1.98. The maximum Gasteiger partial charge on any atom is 0.239 e. The van der Waals surface area contributed by atoms with Crippen molar-refractivity contribution in [3.63, 3.8) is 0 Å². The quantitative estimate of drug-likeness (QED) is 0.397. The predicted octanol–water partition coefficient (Wildman–Crippen LogP) is 2.06. The smallest absolute Gasteiger partial charge is 0.239 e. The van der Waals surface area contributed by atoms with Crippen molar-refractivity contribution in [1.82, 2.24) is 15.5 Å². The van der Waals surface area contributed by atoms with E-state index in [4.69, 9.17) is 4.74 Å². The highest BCUT2D eigenvalue weighted by Crippen LogP contribution is 2.25. The fraction of sp³-hybridized carbons (Fsp3) is 0.556. The Morgan fingerprint density at radius 2 is 2.00 bits per heavy atom. The van der Waals surface area contributed by atoms with Crippen molar-refractivity contribution in [3.05, 3.63) is 35.6 Å². The molecule has 1 aromatic rings. The number of nitrogens with one attached hydrogen (secondary N) is 2. The summed E-state index contributed by atoms with van der Waals surface area (Å²) >= 11 is 0. The molecular formula is C18H26FIN4O2. The Morgan fingerprint density at radius 1 is 1.31 bits per heavy atom. The molecule has 1 aliphatic heterocycles. The number of nitrogens with zero attached hydrogens (tertiary/aromatic N) is 2. The lowest BCUT2D eigenvalue weighted by molar-refractivity contribution is -0.120. The third kappa shape index (κ3) is 5.80. The highest BCUT2D eigenvalue weighted by Gasteiger charge is 2.29. The van der Waals surface area contributed by atoms with Crippen LogP contribution in [0.1, 0.15) is 31.4 Å². The fourth-order valence-corrected chi connectivity index (χ4v) is 2.98. The molecule has 8 heteroatoms. The van der Waals surface area contributed by atoms with E-state index in [1.54, 1.807) is 19.2 Å². The number of benzene rings is 1. The van der Waals surface area contributed by atoms with E-state index in [-0.39, 0.29) is 54.5 Å². The standard InChI is InChI=1S/C18H25FN4O2.HI/c1-12-10-23(11-16(25-12)13-3-5-14(19)6-4-13)18(20-2)21-9-17(24)22-15-7-8-15;/h3-6,12,15-16H,7-11H2,1-2H3,(H,20,21)(H,22,24);1H. The second-order valence-electron chi connectivity index (χ2n) is 6.63. The molecule has 6 nitrogen and oxygen atoms in total. The van der Waals surface area contributed by atoms with E-state index in [1.165, 1.54) is 12.1 Å². The van der Waals surface area contributed by atoms with Crippen LogP contribution >= 0.6 is 24.0 Å². The Bertz CT molecular complexity index is 637. The summed E-state index contributed by atoms with van der Waals surface area (Å²) in [5.41, 5.74) is 0.930. The number of carbonyl (C=O) groups is 1. The van der Waals surface area contributed by atoms with Crippen molar-refractivity contribution in [1.29, 1.82) is 0 Å². The average Bonchev–Trinajstić information content (AvgIpc) is 3.39. The minimum absolute atomic E-state index is 0. The van der Waals surface area contributed by atoms with Gasteiger partial charge in [-0.3, -0.25) is 9.79 Å². The van der Waals surface area contributed by atoms with E-state index in [9.17, 15) is 9.18 Å². The number of amides is 1. The van der Waals surface area contributed by atoms with E-state index < -0.39 is 0 Å². The molecule has 1 saturated carbocycles. The zero-order valence-corrected chi connectivity index (χ0v) is 17.4. The van der Waals surface area contributed by atoms with E-state index >= 15 is 0 Å². The number of carbonyl (C=O) groups excluding carboxylic acids is 1. The number of morpholine rings is 1. The molecular weight excluding hydrogens is 450 g/mol. The lowest BCUT2D eigenvalue weighted by Crippen LogP contribution is -2.52. The number of rotatable bonds is 4. The summed E-state index contributed by atoms with van der Waals surface area (Å²) in [6, 6.07) is 6.72. The molecule has 2 atom stereocenters.